The SMILES string of the molecule is COCC1(C(=O)N2CCC(NC(=O)NC3CCCCC3)CC2)CCNCC1. The normalized spacial score (nSPS) is 24.4. The molecule has 3 rings (SSSR count). The van der Waals surface area contributed by atoms with E-state index in [0.717, 1.165) is 51.6 Å². The first-order valence-corrected chi connectivity index (χ1v) is 10.7. The molecule has 0 atom stereocenters. The Morgan fingerprint density at radius 3 is 2.19 bits per heavy atom. The first kappa shape index (κ1) is 20.4. The molecule has 3 N–H and O–H groups in total. The van der Waals surface area contributed by atoms with Gasteiger partial charge in [0.05, 0.1) is 12.0 Å². The van der Waals surface area contributed by atoms with Crippen molar-refractivity contribution in [2.75, 3.05) is 39.9 Å². The van der Waals surface area contributed by atoms with Gasteiger partial charge in [0.2, 0.25) is 5.91 Å². The van der Waals surface area contributed by atoms with Crippen LogP contribution < -0.4 is 16.0 Å². The number of urea groups is 1. The first-order chi connectivity index (χ1) is 13.1. The molecular weight excluding hydrogens is 344 g/mol. The van der Waals surface area contributed by atoms with Crippen LogP contribution in [0, 0.1) is 5.41 Å². The van der Waals surface area contributed by atoms with E-state index in [2.05, 4.69) is 16.0 Å². The zero-order valence-electron chi connectivity index (χ0n) is 16.7. The fraction of sp³-hybridized carbons (Fsp3) is 0.900. The maximum atomic E-state index is 13.2. The van der Waals surface area contributed by atoms with Gasteiger partial charge in [0.15, 0.2) is 0 Å². The summed E-state index contributed by atoms with van der Waals surface area (Å²) in [6.07, 6.45) is 9.22. The lowest BCUT2D eigenvalue weighted by Gasteiger charge is -2.42. The second-order valence-corrected chi connectivity index (χ2v) is 8.48. The summed E-state index contributed by atoms with van der Waals surface area (Å²) in [5.74, 6) is 0.232. The van der Waals surface area contributed by atoms with Crippen LogP contribution in [0.3, 0.4) is 0 Å². The summed E-state index contributed by atoms with van der Waals surface area (Å²) in [5, 5.41) is 9.57. The van der Waals surface area contributed by atoms with E-state index in [1.54, 1.807) is 7.11 Å². The molecule has 0 aromatic rings. The molecule has 3 aliphatic rings. The molecule has 7 heteroatoms. The Morgan fingerprint density at radius 2 is 1.59 bits per heavy atom. The van der Waals surface area contributed by atoms with Crippen LogP contribution in [0.25, 0.3) is 0 Å². The van der Waals surface area contributed by atoms with E-state index >= 15 is 0 Å². The molecule has 0 bridgehead atoms. The van der Waals surface area contributed by atoms with Crippen LogP contribution >= 0.6 is 0 Å². The highest BCUT2D eigenvalue weighted by Gasteiger charge is 2.43. The third-order valence-electron chi connectivity index (χ3n) is 6.49. The Bertz CT molecular complexity index is 488. The van der Waals surface area contributed by atoms with Crippen molar-refractivity contribution in [1.82, 2.24) is 20.9 Å². The van der Waals surface area contributed by atoms with Gasteiger partial charge in [-0.3, -0.25) is 4.79 Å². The van der Waals surface area contributed by atoms with Crippen molar-refractivity contribution in [1.29, 1.82) is 0 Å². The molecule has 0 spiro atoms. The molecule has 2 aliphatic heterocycles. The van der Waals surface area contributed by atoms with E-state index in [1.165, 1.54) is 19.3 Å². The molecule has 2 saturated heterocycles. The molecule has 1 aliphatic carbocycles. The summed E-state index contributed by atoms with van der Waals surface area (Å²) < 4.78 is 5.40. The fourth-order valence-electron chi connectivity index (χ4n) is 4.82. The highest BCUT2D eigenvalue weighted by atomic mass is 16.5. The third kappa shape index (κ3) is 5.35. The Morgan fingerprint density at radius 1 is 1.00 bits per heavy atom. The lowest BCUT2D eigenvalue weighted by Crippen LogP contribution is -2.55. The van der Waals surface area contributed by atoms with Crippen molar-refractivity contribution < 1.29 is 14.3 Å². The highest BCUT2D eigenvalue weighted by Crippen LogP contribution is 2.32. The van der Waals surface area contributed by atoms with Gasteiger partial charge in [0, 0.05) is 32.3 Å². The quantitative estimate of drug-likeness (QED) is 0.677. The Balaban J connectivity index is 1.44. The molecule has 0 unspecified atom stereocenters. The van der Waals surface area contributed by atoms with Crippen LogP contribution in [0.1, 0.15) is 57.8 Å². The largest absolute Gasteiger partial charge is 0.384 e. The summed E-state index contributed by atoms with van der Waals surface area (Å²) in [6.45, 7) is 3.66. The Labute approximate surface area is 163 Å². The summed E-state index contributed by atoms with van der Waals surface area (Å²) in [7, 11) is 1.68. The summed E-state index contributed by atoms with van der Waals surface area (Å²) >= 11 is 0. The molecule has 3 amide bonds. The maximum Gasteiger partial charge on any atom is 0.315 e. The highest BCUT2D eigenvalue weighted by molar-refractivity contribution is 5.83. The van der Waals surface area contributed by atoms with Crippen molar-refractivity contribution in [2.24, 2.45) is 5.41 Å². The molecule has 0 aromatic heterocycles. The van der Waals surface area contributed by atoms with E-state index in [9.17, 15) is 9.59 Å². The lowest BCUT2D eigenvalue weighted by atomic mass is 9.78. The van der Waals surface area contributed by atoms with E-state index in [-0.39, 0.29) is 23.4 Å². The number of piperidine rings is 2. The predicted octanol–water partition coefficient (Wildman–Crippen LogP) is 1.63. The van der Waals surface area contributed by atoms with Crippen molar-refractivity contribution >= 4 is 11.9 Å². The van der Waals surface area contributed by atoms with E-state index in [4.69, 9.17) is 4.74 Å². The molecule has 0 aromatic carbocycles. The van der Waals surface area contributed by atoms with Crippen molar-refractivity contribution in [3.8, 4) is 0 Å². The zero-order chi connectivity index (χ0) is 19.1. The number of carbonyl (C=O) groups is 2. The molecular formula is C20H36N4O3. The summed E-state index contributed by atoms with van der Waals surface area (Å²) in [4.78, 5) is 27.4. The molecule has 7 nitrogen and oxygen atoms in total. The van der Waals surface area contributed by atoms with E-state index < -0.39 is 0 Å². The molecule has 154 valence electrons. The predicted molar refractivity (Wildman–Crippen MR) is 105 cm³/mol. The average molecular weight is 381 g/mol. The molecule has 1 saturated carbocycles. The Hall–Kier alpha value is -1.34. The third-order valence-corrected chi connectivity index (χ3v) is 6.49. The number of hydrogen-bond acceptors (Lipinski definition) is 4. The van der Waals surface area contributed by atoms with Crippen molar-refractivity contribution in [3.63, 3.8) is 0 Å². The number of rotatable bonds is 5. The number of carbonyl (C=O) groups excluding carboxylic acids is 2. The van der Waals surface area contributed by atoms with Crippen molar-refractivity contribution in [2.45, 2.75) is 69.9 Å². The number of amides is 3. The lowest BCUT2D eigenvalue weighted by molar-refractivity contribution is -0.148. The van der Waals surface area contributed by atoms with Crippen LogP contribution in [0.2, 0.25) is 0 Å². The van der Waals surface area contributed by atoms with Crippen LogP contribution in [0.4, 0.5) is 4.79 Å². The number of nitrogens with one attached hydrogen (secondary N) is 3. The van der Waals surface area contributed by atoms with Gasteiger partial charge in [-0.15, -0.1) is 0 Å². The zero-order valence-corrected chi connectivity index (χ0v) is 16.7. The second kappa shape index (κ2) is 9.73. The van der Waals surface area contributed by atoms with Gasteiger partial charge in [-0.25, -0.2) is 4.79 Å². The minimum Gasteiger partial charge on any atom is -0.384 e. The molecule has 2 heterocycles. The van der Waals surface area contributed by atoms with Gasteiger partial charge in [0.1, 0.15) is 0 Å². The maximum absolute atomic E-state index is 13.2. The number of methoxy groups -OCH3 is 1. The van der Waals surface area contributed by atoms with Crippen LogP contribution in [0.15, 0.2) is 0 Å². The molecule has 3 fully saturated rings. The van der Waals surface area contributed by atoms with Gasteiger partial charge < -0.3 is 25.6 Å². The first-order valence-electron chi connectivity index (χ1n) is 10.7. The number of hydrogen-bond donors (Lipinski definition) is 3. The van der Waals surface area contributed by atoms with Gasteiger partial charge in [-0.05, 0) is 51.6 Å². The summed E-state index contributed by atoms with van der Waals surface area (Å²) in [5.41, 5.74) is -0.376. The number of ether oxygens (including phenoxy) is 1. The van der Waals surface area contributed by atoms with Crippen LogP contribution in [-0.4, -0.2) is 68.8 Å². The minimum absolute atomic E-state index is 0.0408. The fourth-order valence-corrected chi connectivity index (χ4v) is 4.82. The van der Waals surface area contributed by atoms with Gasteiger partial charge in [-0.1, -0.05) is 19.3 Å². The van der Waals surface area contributed by atoms with Crippen LogP contribution in [-0.2, 0) is 9.53 Å². The topological polar surface area (TPSA) is 82.7 Å². The van der Waals surface area contributed by atoms with Gasteiger partial charge in [-0.2, -0.15) is 0 Å². The number of nitrogens with zero attached hydrogens (tertiary/aromatic N) is 1. The standard InChI is InChI=1S/C20H36N4O3/c1-27-15-20(9-11-21-12-10-20)18(25)24-13-7-17(8-14-24)23-19(26)22-16-5-3-2-4-6-16/h16-17,21H,2-15H2,1H3,(H2,22,23,26). The van der Waals surface area contributed by atoms with Crippen molar-refractivity contribution in [3.05, 3.63) is 0 Å². The van der Waals surface area contributed by atoms with Crippen LogP contribution in [0.5, 0.6) is 0 Å². The summed E-state index contributed by atoms with van der Waals surface area (Å²) in [6, 6.07) is 0.444. The smallest absolute Gasteiger partial charge is 0.315 e. The molecule has 0 radical (unpaired) electrons. The van der Waals surface area contributed by atoms with E-state index in [0.29, 0.717) is 25.7 Å². The minimum atomic E-state index is -0.376. The number of likely N-dealkylation sites (tertiary alicyclic amines) is 1. The van der Waals surface area contributed by atoms with E-state index in [1.807, 2.05) is 4.90 Å². The Kier molecular flexibility index (Phi) is 7.35. The monoisotopic (exact) mass is 380 g/mol. The second-order valence-electron chi connectivity index (χ2n) is 8.48. The molecule has 27 heavy (non-hydrogen) atoms. The van der Waals surface area contributed by atoms with Gasteiger partial charge in [0.25, 0.3) is 0 Å². The average Bonchev–Trinajstić information content (AvgIpc) is 2.70. The van der Waals surface area contributed by atoms with Gasteiger partial charge >= 0.3 is 6.03 Å².